The molecule has 0 aromatic heterocycles. The Morgan fingerprint density at radius 2 is 2.15 bits per heavy atom. The number of hydrogen-bond donors (Lipinski definition) is 1. The number of benzene rings is 1. The quantitative estimate of drug-likeness (QED) is 0.917. The Morgan fingerprint density at radius 1 is 1.25 bits per heavy atom. The highest BCUT2D eigenvalue weighted by Gasteiger charge is 2.31. The van der Waals surface area contributed by atoms with Crippen LogP contribution in [0.4, 0.5) is 4.39 Å². The van der Waals surface area contributed by atoms with Gasteiger partial charge in [-0.05, 0) is 50.4 Å². The summed E-state index contributed by atoms with van der Waals surface area (Å²) in [5.41, 5.74) is 0.913. The van der Waals surface area contributed by atoms with Crippen molar-refractivity contribution in [3.8, 4) is 0 Å². The third-order valence-corrected chi connectivity index (χ3v) is 5.06. The molecule has 2 saturated heterocycles. The van der Waals surface area contributed by atoms with Gasteiger partial charge in [0.2, 0.25) is 0 Å². The predicted octanol–water partition coefficient (Wildman–Crippen LogP) is 3.59. The van der Waals surface area contributed by atoms with E-state index in [1.165, 1.54) is 38.2 Å². The van der Waals surface area contributed by atoms with E-state index in [2.05, 4.69) is 10.2 Å². The molecule has 0 saturated carbocycles. The Labute approximate surface area is 125 Å². The fourth-order valence-electron chi connectivity index (χ4n) is 3.60. The van der Waals surface area contributed by atoms with Gasteiger partial charge in [0.05, 0.1) is 5.02 Å². The van der Waals surface area contributed by atoms with E-state index in [9.17, 15) is 4.39 Å². The number of likely N-dealkylation sites (tertiary alicyclic amines) is 1. The maximum Gasteiger partial charge on any atom is 0.142 e. The van der Waals surface area contributed by atoms with Crippen molar-refractivity contribution in [3.63, 3.8) is 0 Å². The van der Waals surface area contributed by atoms with Crippen molar-refractivity contribution in [2.75, 3.05) is 13.1 Å². The van der Waals surface area contributed by atoms with E-state index in [0.717, 1.165) is 25.2 Å². The lowest BCUT2D eigenvalue weighted by molar-refractivity contribution is 0.112. The average Bonchev–Trinajstić information content (AvgIpc) is 2.98. The molecule has 2 heterocycles. The zero-order valence-corrected chi connectivity index (χ0v) is 12.5. The van der Waals surface area contributed by atoms with Crippen LogP contribution in [0, 0.1) is 5.82 Å². The molecule has 2 aliphatic heterocycles. The maximum atomic E-state index is 13.6. The first kappa shape index (κ1) is 14.3. The van der Waals surface area contributed by atoms with E-state index in [-0.39, 0.29) is 10.8 Å². The molecule has 1 aromatic rings. The minimum absolute atomic E-state index is 0.288. The molecule has 1 N–H and O–H groups in total. The smallest absolute Gasteiger partial charge is 0.142 e. The third kappa shape index (κ3) is 3.00. The molecular formula is C16H22ClFN2. The summed E-state index contributed by atoms with van der Waals surface area (Å²) in [5, 5.41) is 3.91. The summed E-state index contributed by atoms with van der Waals surface area (Å²) in [7, 11) is 0. The molecule has 2 aliphatic rings. The lowest BCUT2D eigenvalue weighted by Crippen LogP contribution is -2.49. The molecule has 1 aromatic carbocycles. The summed E-state index contributed by atoms with van der Waals surface area (Å²) >= 11 is 6.10. The number of halogens is 2. The molecule has 3 rings (SSSR count). The Hall–Kier alpha value is -0.640. The molecule has 0 amide bonds. The number of hydrogen-bond acceptors (Lipinski definition) is 2. The number of nitrogens with one attached hydrogen (secondary N) is 1. The van der Waals surface area contributed by atoms with Gasteiger partial charge in [-0.25, -0.2) is 4.39 Å². The fourth-order valence-corrected chi connectivity index (χ4v) is 3.78. The first-order chi connectivity index (χ1) is 9.75. The van der Waals surface area contributed by atoms with Gasteiger partial charge in [-0.3, -0.25) is 4.90 Å². The van der Waals surface area contributed by atoms with Crippen LogP contribution in [0.1, 0.15) is 37.7 Å². The predicted molar refractivity (Wildman–Crippen MR) is 80.5 cm³/mol. The van der Waals surface area contributed by atoms with Gasteiger partial charge in [-0.15, -0.1) is 0 Å². The van der Waals surface area contributed by atoms with E-state index in [1.54, 1.807) is 6.07 Å². The Bertz CT molecular complexity index is 460. The molecule has 2 fully saturated rings. The Morgan fingerprint density at radius 3 is 2.95 bits per heavy atom. The Kier molecular flexibility index (Phi) is 4.59. The van der Waals surface area contributed by atoms with Crippen LogP contribution >= 0.6 is 11.6 Å². The molecule has 2 unspecified atom stereocenters. The molecule has 110 valence electrons. The van der Waals surface area contributed by atoms with Crippen molar-refractivity contribution < 1.29 is 4.39 Å². The van der Waals surface area contributed by atoms with Crippen LogP contribution in [0.25, 0.3) is 0 Å². The van der Waals surface area contributed by atoms with Crippen LogP contribution in [0.3, 0.4) is 0 Å². The standard InChI is InChI=1S/C16H22ClFN2/c17-16-12(5-3-6-13(16)18)11-20-10-2-1-8-15(20)14-7-4-9-19-14/h3,5-6,14-15,19H,1-2,4,7-11H2. The topological polar surface area (TPSA) is 15.3 Å². The lowest BCUT2D eigenvalue weighted by atomic mass is 9.94. The maximum absolute atomic E-state index is 13.6. The SMILES string of the molecule is Fc1cccc(CN2CCCCC2C2CCCN2)c1Cl. The van der Waals surface area contributed by atoms with Gasteiger partial charge in [0.15, 0.2) is 0 Å². The van der Waals surface area contributed by atoms with Crippen molar-refractivity contribution in [1.29, 1.82) is 0 Å². The molecule has 2 atom stereocenters. The zero-order chi connectivity index (χ0) is 13.9. The first-order valence-corrected chi connectivity index (χ1v) is 8.04. The first-order valence-electron chi connectivity index (χ1n) is 7.66. The molecular weight excluding hydrogens is 275 g/mol. The summed E-state index contributed by atoms with van der Waals surface area (Å²) < 4.78 is 13.6. The van der Waals surface area contributed by atoms with Crippen molar-refractivity contribution in [1.82, 2.24) is 10.2 Å². The summed E-state index contributed by atoms with van der Waals surface area (Å²) in [4.78, 5) is 2.49. The van der Waals surface area contributed by atoms with Gasteiger partial charge in [-0.1, -0.05) is 30.2 Å². The van der Waals surface area contributed by atoms with Crippen molar-refractivity contribution >= 4 is 11.6 Å². The highest BCUT2D eigenvalue weighted by Crippen LogP contribution is 2.28. The van der Waals surface area contributed by atoms with Gasteiger partial charge < -0.3 is 5.32 Å². The van der Waals surface area contributed by atoms with E-state index in [0.29, 0.717) is 12.1 Å². The van der Waals surface area contributed by atoms with Gasteiger partial charge in [0.25, 0.3) is 0 Å². The summed E-state index contributed by atoms with van der Waals surface area (Å²) in [6.07, 6.45) is 6.31. The van der Waals surface area contributed by atoms with Crippen LogP contribution in [-0.2, 0) is 6.54 Å². The summed E-state index contributed by atoms with van der Waals surface area (Å²) in [6, 6.07) is 6.30. The second-order valence-electron chi connectivity index (χ2n) is 5.95. The number of rotatable bonds is 3. The van der Waals surface area contributed by atoms with Gasteiger partial charge in [0, 0.05) is 18.6 Å². The number of piperidine rings is 1. The fraction of sp³-hybridized carbons (Fsp3) is 0.625. The van der Waals surface area contributed by atoms with E-state index < -0.39 is 0 Å². The second kappa shape index (κ2) is 6.42. The summed E-state index contributed by atoms with van der Waals surface area (Å²) in [5.74, 6) is -0.309. The van der Waals surface area contributed by atoms with E-state index in [4.69, 9.17) is 11.6 Å². The molecule has 0 aliphatic carbocycles. The molecule has 4 heteroatoms. The molecule has 0 bridgehead atoms. The highest BCUT2D eigenvalue weighted by molar-refractivity contribution is 6.31. The molecule has 20 heavy (non-hydrogen) atoms. The van der Waals surface area contributed by atoms with E-state index in [1.807, 2.05) is 6.07 Å². The minimum Gasteiger partial charge on any atom is -0.312 e. The lowest BCUT2D eigenvalue weighted by Gasteiger charge is -2.39. The molecule has 0 radical (unpaired) electrons. The van der Waals surface area contributed by atoms with Crippen molar-refractivity contribution in [2.24, 2.45) is 0 Å². The van der Waals surface area contributed by atoms with Crippen LogP contribution in [0.15, 0.2) is 18.2 Å². The average molecular weight is 297 g/mol. The van der Waals surface area contributed by atoms with Crippen molar-refractivity contribution in [3.05, 3.63) is 34.6 Å². The molecule has 0 spiro atoms. The minimum atomic E-state index is -0.309. The van der Waals surface area contributed by atoms with E-state index >= 15 is 0 Å². The van der Waals surface area contributed by atoms with Crippen molar-refractivity contribution in [2.45, 2.75) is 50.7 Å². The Balaban J connectivity index is 1.74. The second-order valence-corrected chi connectivity index (χ2v) is 6.33. The van der Waals surface area contributed by atoms with Gasteiger partial charge >= 0.3 is 0 Å². The van der Waals surface area contributed by atoms with Gasteiger partial charge in [0.1, 0.15) is 5.82 Å². The van der Waals surface area contributed by atoms with Crippen LogP contribution in [0.2, 0.25) is 5.02 Å². The van der Waals surface area contributed by atoms with Crippen LogP contribution < -0.4 is 5.32 Å². The van der Waals surface area contributed by atoms with Crippen LogP contribution in [-0.4, -0.2) is 30.1 Å². The zero-order valence-electron chi connectivity index (χ0n) is 11.7. The highest BCUT2D eigenvalue weighted by atomic mass is 35.5. The normalized spacial score (nSPS) is 27.9. The van der Waals surface area contributed by atoms with Crippen LogP contribution in [0.5, 0.6) is 0 Å². The monoisotopic (exact) mass is 296 g/mol. The largest absolute Gasteiger partial charge is 0.312 e. The molecule has 2 nitrogen and oxygen atoms in total. The summed E-state index contributed by atoms with van der Waals surface area (Å²) in [6.45, 7) is 2.99. The number of nitrogens with zero attached hydrogens (tertiary/aromatic N) is 1. The van der Waals surface area contributed by atoms with Gasteiger partial charge in [-0.2, -0.15) is 0 Å². The third-order valence-electron chi connectivity index (χ3n) is 4.63.